The van der Waals surface area contributed by atoms with Gasteiger partial charge in [0, 0.05) is 6.54 Å². The van der Waals surface area contributed by atoms with Gasteiger partial charge in [-0.15, -0.1) is 0 Å². The Balaban J connectivity index is 2.42. The summed E-state index contributed by atoms with van der Waals surface area (Å²) in [5.41, 5.74) is 0. The summed E-state index contributed by atoms with van der Waals surface area (Å²) >= 11 is 0. The molecular formula is C11H20N2O4. The molecule has 17 heavy (non-hydrogen) atoms. The summed E-state index contributed by atoms with van der Waals surface area (Å²) in [6.07, 6.45) is 2.15. The first-order chi connectivity index (χ1) is 8.15. The van der Waals surface area contributed by atoms with Crippen LogP contribution in [0.4, 0.5) is 0 Å². The van der Waals surface area contributed by atoms with E-state index < -0.39 is 18.1 Å². The van der Waals surface area contributed by atoms with Gasteiger partial charge in [-0.1, -0.05) is 19.8 Å². The van der Waals surface area contributed by atoms with Crippen LogP contribution in [0.25, 0.3) is 0 Å². The molecule has 0 saturated carbocycles. The third-order valence-corrected chi connectivity index (χ3v) is 2.70. The summed E-state index contributed by atoms with van der Waals surface area (Å²) in [4.78, 5) is 22.7. The van der Waals surface area contributed by atoms with Gasteiger partial charge in [-0.25, -0.2) is 4.79 Å². The van der Waals surface area contributed by atoms with Crippen LogP contribution in [-0.2, 0) is 14.3 Å². The molecule has 0 aromatic carbocycles. The van der Waals surface area contributed by atoms with Crippen molar-refractivity contribution >= 4 is 11.9 Å². The van der Waals surface area contributed by atoms with Gasteiger partial charge < -0.3 is 20.5 Å². The summed E-state index contributed by atoms with van der Waals surface area (Å²) in [6.45, 7) is 3.48. The van der Waals surface area contributed by atoms with E-state index in [1.165, 1.54) is 0 Å². The number of nitrogens with one attached hydrogen (secondary N) is 2. The van der Waals surface area contributed by atoms with Crippen LogP contribution in [0.2, 0.25) is 0 Å². The highest BCUT2D eigenvalue weighted by Gasteiger charge is 2.26. The van der Waals surface area contributed by atoms with Crippen molar-refractivity contribution in [2.24, 2.45) is 0 Å². The van der Waals surface area contributed by atoms with E-state index in [-0.39, 0.29) is 5.91 Å². The number of carbonyl (C=O) groups is 2. The van der Waals surface area contributed by atoms with Crippen molar-refractivity contribution in [2.75, 3.05) is 19.8 Å². The molecule has 1 amide bonds. The Bertz CT molecular complexity index is 264. The second-order valence-corrected chi connectivity index (χ2v) is 4.12. The van der Waals surface area contributed by atoms with Gasteiger partial charge in [-0.05, 0) is 6.42 Å². The zero-order valence-corrected chi connectivity index (χ0v) is 10.1. The van der Waals surface area contributed by atoms with Gasteiger partial charge in [0.25, 0.3) is 0 Å². The van der Waals surface area contributed by atoms with Crippen LogP contribution >= 0.6 is 0 Å². The van der Waals surface area contributed by atoms with Gasteiger partial charge in [0.15, 0.2) is 0 Å². The van der Waals surface area contributed by atoms with Crippen LogP contribution < -0.4 is 10.6 Å². The molecule has 98 valence electrons. The first kappa shape index (κ1) is 13.9. The molecule has 1 saturated heterocycles. The third-order valence-electron chi connectivity index (χ3n) is 2.70. The summed E-state index contributed by atoms with van der Waals surface area (Å²) in [5, 5.41) is 14.5. The average Bonchev–Trinajstić information content (AvgIpc) is 2.35. The maximum atomic E-state index is 11.8. The molecule has 3 N–H and O–H groups in total. The number of carbonyl (C=O) groups excluding carboxylic acids is 1. The highest BCUT2D eigenvalue weighted by Crippen LogP contribution is 2.02. The second kappa shape index (κ2) is 7.24. The fourth-order valence-corrected chi connectivity index (χ4v) is 1.67. The predicted molar refractivity (Wildman–Crippen MR) is 61.7 cm³/mol. The van der Waals surface area contributed by atoms with E-state index in [2.05, 4.69) is 10.6 Å². The lowest BCUT2D eigenvalue weighted by atomic mass is 10.1. The third kappa shape index (κ3) is 4.70. The number of rotatable bonds is 6. The smallest absolute Gasteiger partial charge is 0.326 e. The molecule has 6 nitrogen and oxygen atoms in total. The van der Waals surface area contributed by atoms with E-state index in [1.807, 2.05) is 6.92 Å². The van der Waals surface area contributed by atoms with Crippen molar-refractivity contribution in [2.45, 2.75) is 38.3 Å². The van der Waals surface area contributed by atoms with Crippen LogP contribution in [0.15, 0.2) is 0 Å². The minimum atomic E-state index is -0.983. The first-order valence-corrected chi connectivity index (χ1v) is 5.99. The molecule has 0 radical (unpaired) electrons. The number of carboxylic acids is 1. The van der Waals surface area contributed by atoms with Crippen molar-refractivity contribution in [3.8, 4) is 0 Å². The Morgan fingerprint density at radius 2 is 2.35 bits per heavy atom. The van der Waals surface area contributed by atoms with E-state index in [9.17, 15) is 9.59 Å². The van der Waals surface area contributed by atoms with E-state index in [1.54, 1.807) is 0 Å². The van der Waals surface area contributed by atoms with Crippen LogP contribution in [-0.4, -0.2) is 48.8 Å². The predicted octanol–water partition coefficient (Wildman–Crippen LogP) is -0.266. The summed E-state index contributed by atoms with van der Waals surface area (Å²) in [7, 11) is 0. The number of carboxylic acid groups (broad SMARTS) is 1. The van der Waals surface area contributed by atoms with Crippen molar-refractivity contribution in [3.05, 3.63) is 0 Å². The highest BCUT2D eigenvalue weighted by atomic mass is 16.5. The van der Waals surface area contributed by atoms with Crippen molar-refractivity contribution in [3.63, 3.8) is 0 Å². The van der Waals surface area contributed by atoms with Crippen molar-refractivity contribution in [1.29, 1.82) is 0 Å². The lowest BCUT2D eigenvalue weighted by molar-refractivity contribution is -0.142. The van der Waals surface area contributed by atoms with Crippen LogP contribution in [0.1, 0.15) is 26.2 Å². The fraction of sp³-hybridized carbons (Fsp3) is 0.818. The molecule has 0 aromatic heterocycles. The van der Waals surface area contributed by atoms with Crippen LogP contribution in [0.3, 0.4) is 0 Å². The Hall–Kier alpha value is -1.14. The summed E-state index contributed by atoms with van der Waals surface area (Å²) in [5.74, 6) is -1.28. The molecular weight excluding hydrogens is 224 g/mol. The molecule has 1 aliphatic rings. The summed E-state index contributed by atoms with van der Waals surface area (Å²) in [6, 6.07) is -1.24. The maximum Gasteiger partial charge on any atom is 0.326 e. The topological polar surface area (TPSA) is 87.7 Å². The lowest BCUT2D eigenvalue weighted by Crippen LogP contribution is -2.54. The molecule has 1 fully saturated rings. The van der Waals surface area contributed by atoms with Gasteiger partial charge in [0.1, 0.15) is 12.1 Å². The van der Waals surface area contributed by atoms with Crippen molar-refractivity contribution in [1.82, 2.24) is 10.6 Å². The highest BCUT2D eigenvalue weighted by molar-refractivity contribution is 5.87. The number of morpholine rings is 1. The van der Waals surface area contributed by atoms with Crippen molar-refractivity contribution < 1.29 is 19.4 Å². The number of aliphatic carboxylic acids is 1. The molecule has 1 unspecified atom stereocenters. The van der Waals surface area contributed by atoms with E-state index >= 15 is 0 Å². The molecule has 1 heterocycles. The number of ether oxygens (including phenoxy) is 1. The molecule has 0 aliphatic carbocycles. The standard InChI is InChI=1S/C11H20N2O4/c1-2-3-4-8(11(15)16)13-10(14)9-7-17-6-5-12-9/h8-9,12H,2-7H2,1H3,(H,13,14)(H,15,16)/t8-,9?/m0/s1. The van der Waals surface area contributed by atoms with Gasteiger partial charge in [-0.2, -0.15) is 0 Å². The normalized spacial score (nSPS) is 21.8. The monoisotopic (exact) mass is 244 g/mol. The number of hydrogen-bond donors (Lipinski definition) is 3. The number of unbranched alkanes of at least 4 members (excludes halogenated alkanes) is 1. The minimum Gasteiger partial charge on any atom is -0.480 e. The van der Waals surface area contributed by atoms with Gasteiger partial charge in [-0.3, -0.25) is 4.79 Å². The molecule has 0 spiro atoms. The molecule has 1 rings (SSSR count). The lowest BCUT2D eigenvalue weighted by Gasteiger charge is -2.24. The first-order valence-electron chi connectivity index (χ1n) is 5.99. The molecule has 1 aliphatic heterocycles. The van der Waals surface area contributed by atoms with Gasteiger partial charge in [0.2, 0.25) is 5.91 Å². The number of hydrogen-bond acceptors (Lipinski definition) is 4. The molecule has 6 heteroatoms. The largest absolute Gasteiger partial charge is 0.480 e. The van der Waals surface area contributed by atoms with Crippen LogP contribution in [0.5, 0.6) is 0 Å². The minimum absolute atomic E-state index is 0.298. The Morgan fingerprint density at radius 3 is 2.88 bits per heavy atom. The van der Waals surface area contributed by atoms with Crippen LogP contribution in [0, 0.1) is 0 Å². The Morgan fingerprint density at radius 1 is 1.59 bits per heavy atom. The van der Waals surface area contributed by atoms with E-state index in [4.69, 9.17) is 9.84 Å². The maximum absolute atomic E-state index is 11.8. The van der Waals surface area contributed by atoms with E-state index in [0.717, 1.165) is 12.8 Å². The van der Waals surface area contributed by atoms with Gasteiger partial charge >= 0.3 is 5.97 Å². The molecule has 0 bridgehead atoms. The summed E-state index contributed by atoms with van der Waals surface area (Å²) < 4.78 is 5.16. The Labute approximate surface area is 101 Å². The van der Waals surface area contributed by atoms with E-state index in [0.29, 0.717) is 26.2 Å². The molecule has 2 atom stereocenters. The fourth-order valence-electron chi connectivity index (χ4n) is 1.67. The second-order valence-electron chi connectivity index (χ2n) is 4.12. The average molecular weight is 244 g/mol. The molecule has 0 aromatic rings. The number of amides is 1. The van der Waals surface area contributed by atoms with Gasteiger partial charge in [0.05, 0.1) is 13.2 Å². The zero-order chi connectivity index (χ0) is 12.7. The SMILES string of the molecule is CCCC[C@H](NC(=O)C1COCCN1)C(=O)O. The Kier molecular flexibility index (Phi) is 5.93. The zero-order valence-electron chi connectivity index (χ0n) is 10.1. The quantitative estimate of drug-likeness (QED) is 0.599.